The van der Waals surface area contributed by atoms with Crippen molar-refractivity contribution in [2.45, 2.75) is 43.7 Å². The SMILES string of the molecule is N=C(N)c1cc(C(=O)OCc2ccccc2)ccc1CCC(=O)N1CCCc2cc(N(Cc3ccccc3)S(=O)(=O)c3cccc4ccccc34)ccc21. The summed E-state index contributed by atoms with van der Waals surface area (Å²) in [5.41, 5.74) is 11.1. The second-order valence-corrected chi connectivity index (χ2v) is 15.1. The van der Waals surface area contributed by atoms with Gasteiger partial charge in [0.2, 0.25) is 5.91 Å². The van der Waals surface area contributed by atoms with Crippen molar-refractivity contribution in [2.75, 3.05) is 15.7 Å². The molecule has 54 heavy (non-hydrogen) atoms. The lowest BCUT2D eigenvalue weighted by molar-refractivity contribution is -0.118. The van der Waals surface area contributed by atoms with Crippen LogP contribution in [-0.2, 0) is 45.5 Å². The largest absolute Gasteiger partial charge is 0.457 e. The van der Waals surface area contributed by atoms with Gasteiger partial charge in [-0.2, -0.15) is 0 Å². The zero-order chi connectivity index (χ0) is 37.7. The zero-order valence-corrected chi connectivity index (χ0v) is 30.5. The zero-order valence-electron chi connectivity index (χ0n) is 29.7. The molecule has 1 amide bonds. The molecule has 0 saturated carbocycles. The van der Waals surface area contributed by atoms with Crippen molar-refractivity contribution in [3.05, 3.63) is 173 Å². The Morgan fingerprint density at radius 2 is 1.50 bits per heavy atom. The highest BCUT2D eigenvalue weighted by Gasteiger charge is 2.30. The summed E-state index contributed by atoms with van der Waals surface area (Å²) >= 11 is 0. The van der Waals surface area contributed by atoms with Crippen LogP contribution in [0.25, 0.3) is 10.8 Å². The van der Waals surface area contributed by atoms with Crippen LogP contribution >= 0.6 is 0 Å². The normalized spacial score (nSPS) is 12.6. The number of rotatable bonds is 12. The number of ether oxygens (including phenoxy) is 1. The minimum absolute atomic E-state index is 0.103. The summed E-state index contributed by atoms with van der Waals surface area (Å²) in [6.07, 6.45) is 1.87. The molecule has 9 nitrogen and oxygen atoms in total. The first-order valence-corrected chi connectivity index (χ1v) is 19.3. The van der Waals surface area contributed by atoms with Gasteiger partial charge in [0.15, 0.2) is 0 Å². The van der Waals surface area contributed by atoms with Gasteiger partial charge in [-0.15, -0.1) is 0 Å². The van der Waals surface area contributed by atoms with Gasteiger partial charge in [0.1, 0.15) is 12.4 Å². The average Bonchev–Trinajstić information content (AvgIpc) is 3.21. The summed E-state index contributed by atoms with van der Waals surface area (Å²) in [5.74, 6) is -0.834. The van der Waals surface area contributed by atoms with E-state index in [1.165, 1.54) is 4.31 Å². The van der Waals surface area contributed by atoms with Gasteiger partial charge in [0.25, 0.3) is 10.0 Å². The van der Waals surface area contributed by atoms with Gasteiger partial charge in [0.05, 0.1) is 22.7 Å². The number of amidine groups is 1. The molecule has 0 atom stereocenters. The first-order chi connectivity index (χ1) is 26.2. The number of anilines is 2. The van der Waals surface area contributed by atoms with Crippen molar-refractivity contribution >= 4 is 49.9 Å². The number of hydrogen-bond donors (Lipinski definition) is 2. The summed E-state index contributed by atoms with van der Waals surface area (Å²) < 4.78 is 36.0. The van der Waals surface area contributed by atoms with Gasteiger partial charge in [-0.1, -0.05) is 103 Å². The Hall–Kier alpha value is -6.26. The van der Waals surface area contributed by atoms with Crippen LogP contribution in [0.15, 0.2) is 144 Å². The highest BCUT2D eigenvalue weighted by molar-refractivity contribution is 7.93. The van der Waals surface area contributed by atoms with Crippen LogP contribution in [0.3, 0.4) is 0 Å². The lowest BCUT2D eigenvalue weighted by Crippen LogP contribution is -2.36. The molecule has 1 heterocycles. The third-order valence-corrected chi connectivity index (χ3v) is 11.5. The molecular formula is C44H40N4O5S. The number of aryl methyl sites for hydroxylation is 2. The molecule has 0 saturated heterocycles. The fourth-order valence-electron chi connectivity index (χ4n) is 6.96. The van der Waals surface area contributed by atoms with Crippen LogP contribution in [0.1, 0.15) is 51.0 Å². The Kier molecular flexibility index (Phi) is 10.5. The van der Waals surface area contributed by atoms with Crippen LogP contribution in [0.4, 0.5) is 11.4 Å². The lowest BCUT2D eigenvalue weighted by Gasteiger charge is -2.32. The summed E-state index contributed by atoms with van der Waals surface area (Å²) in [6, 6.07) is 42.1. The summed E-state index contributed by atoms with van der Waals surface area (Å²) in [7, 11) is -4.01. The maximum absolute atomic E-state index is 14.5. The number of amides is 1. The van der Waals surface area contributed by atoms with E-state index in [9.17, 15) is 18.0 Å². The predicted molar refractivity (Wildman–Crippen MR) is 212 cm³/mol. The molecule has 6 aromatic carbocycles. The maximum atomic E-state index is 14.5. The maximum Gasteiger partial charge on any atom is 0.338 e. The number of nitrogen functional groups attached to an aromatic ring is 1. The van der Waals surface area contributed by atoms with E-state index < -0.39 is 16.0 Å². The third-order valence-electron chi connectivity index (χ3n) is 9.71. The van der Waals surface area contributed by atoms with Crippen LogP contribution in [0.2, 0.25) is 0 Å². The molecule has 0 radical (unpaired) electrons. The number of nitrogens with two attached hydrogens (primary N) is 1. The van der Waals surface area contributed by atoms with Crippen LogP contribution in [-0.4, -0.2) is 32.7 Å². The van der Waals surface area contributed by atoms with Crippen molar-refractivity contribution in [3.63, 3.8) is 0 Å². The molecule has 0 aromatic heterocycles. The van der Waals surface area contributed by atoms with E-state index in [0.29, 0.717) is 41.6 Å². The Bertz CT molecular complexity index is 2450. The molecule has 1 aliphatic heterocycles. The lowest BCUT2D eigenvalue weighted by atomic mass is 9.97. The fraction of sp³-hybridized carbons (Fsp3) is 0.159. The first-order valence-electron chi connectivity index (χ1n) is 17.8. The summed E-state index contributed by atoms with van der Waals surface area (Å²) in [6.45, 7) is 0.782. The van der Waals surface area contributed by atoms with Crippen LogP contribution in [0.5, 0.6) is 0 Å². The fourth-order valence-corrected chi connectivity index (χ4v) is 8.62. The molecule has 10 heteroatoms. The van der Waals surface area contributed by atoms with Crippen molar-refractivity contribution in [1.82, 2.24) is 0 Å². The van der Waals surface area contributed by atoms with Crippen molar-refractivity contribution in [3.8, 4) is 0 Å². The molecular weight excluding hydrogens is 697 g/mol. The predicted octanol–water partition coefficient (Wildman–Crippen LogP) is 7.79. The molecule has 6 aromatic rings. The first kappa shape index (κ1) is 36.1. The van der Waals surface area contributed by atoms with Gasteiger partial charge in [-0.25, -0.2) is 13.2 Å². The van der Waals surface area contributed by atoms with Gasteiger partial charge in [-0.3, -0.25) is 14.5 Å². The number of esters is 1. The van der Waals surface area contributed by atoms with E-state index in [-0.39, 0.29) is 41.8 Å². The molecule has 0 bridgehead atoms. The second kappa shape index (κ2) is 15.8. The highest BCUT2D eigenvalue weighted by atomic mass is 32.2. The number of hydrogen-bond acceptors (Lipinski definition) is 6. The van der Waals surface area contributed by atoms with Crippen molar-refractivity contribution in [1.29, 1.82) is 5.41 Å². The van der Waals surface area contributed by atoms with E-state index in [2.05, 4.69) is 0 Å². The number of benzene rings is 6. The number of sulfonamides is 1. The number of carbonyl (C=O) groups excluding carboxylic acids is 2. The quantitative estimate of drug-likeness (QED) is 0.0749. The topological polar surface area (TPSA) is 134 Å². The van der Waals surface area contributed by atoms with Crippen LogP contribution < -0.4 is 14.9 Å². The number of nitrogens with one attached hydrogen (secondary N) is 1. The molecule has 272 valence electrons. The molecule has 3 N–H and O–H groups in total. The van der Waals surface area contributed by atoms with Gasteiger partial charge in [-0.05, 0) is 83.3 Å². The Balaban J connectivity index is 1.11. The molecule has 1 aliphatic rings. The summed E-state index contributed by atoms with van der Waals surface area (Å²) in [5, 5.41) is 9.67. The average molecular weight is 737 g/mol. The third kappa shape index (κ3) is 7.74. The molecule has 0 aliphatic carbocycles. The summed E-state index contributed by atoms with van der Waals surface area (Å²) in [4.78, 5) is 28.6. The number of nitrogens with zero attached hydrogens (tertiary/aromatic N) is 2. The number of carbonyl (C=O) groups is 2. The standard InChI is InChI=1S/C44H40N4O5S/c45-43(46)39-28-36(44(50)53-30-32-13-5-2-6-14-32)21-20-34(39)22-25-42(49)47-26-10-17-35-27-37(23-24-40(35)47)48(29-31-11-3-1-4-12-31)54(51,52)41-19-9-16-33-15-7-8-18-38(33)41/h1-9,11-16,18-21,23-24,27-28H,10,17,22,25-26,29-30H2,(H3,45,46). The Morgan fingerprint density at radius 3 is 2.26 bits per heavy atom. The van der Waals surface area contributed by atoms with Crippen molar-refractivity contribution in [2.24, 2.45) is 5.73 Å². The van der Waals surface area contributed by atoms with Gasteiger partial charge < -0.3 is 15.4 Å². The molecule has 7 rings (SSSR count). The van der Waals surface area contributed by atoms with E-state index in [1.54, 1.807) is 41.3 Å². The van der Waals surface area contributed by atoms with E-state index in [1.807, 2.05) is 103 Å². The number of fused-ring (bicyclic) bond motifs is 2. The minimum Gasteiger partial charge on any atom is -0.457 e. The Morgan fingerprint density at radius 1 is 0.796 bits per heavy atom. The Labute approximate surface area is 315 Å². The van der Waals surface area contributed by atoms with E-state index >= 15 is 0 Å². The van der Waals surface area contributed by atoms with Crippen LogP contribution in [0, 0.1) is 5.41 Å². The molecule has 0 spiro atoms. The van der Waals surface area contributed by atoms with E-state index in [4.69, 9.17) is 15.9 Å². The smallest absolute Gasteiger partial charge is 0.338 e. The highest BCUT2D eigenvalue weighted by Crippen LogP contribution is 2.36. The monoisotopic (exact) mass is 736 g/mol. The second-order valence-electron chi connectivity index (χ2n) is 13.3. The van der Waals surface area contributed by atoms with Crippen molar-refractivity contribution < 1.29 is 22.7 Å². The molecule has 0 fully saturated rings. The van der Waals surface area contributed by atoms with E-state index in [0.717, 1.165) is 34.2 Å². The molecule has 0 unspecified atom stereocenters. The van der Waals surface area contributed by atoms with Gasteiger partial charge >= 0.3 is 5.97 Å². The van der Waals surface area contributed by atoms with Gasteiger partial charge in [0, 0.05) is 29.6 Å². The minimum atomic E-state index is -4.01.